The van der Waals surface area contributed by atoms with E-state index in [0.29, 0.717) is 25.3 Å². The Morgan fingerprint density at radius 2 is 1.84 bits per heavy atom. The van der Waals surface area contributed by atoms with Gasteiger partial charge in [-0.05, 0) is 38.5 Å². The molecule has 0 fully saturated rings. The maximum Gasteiger partial charge on any atom is 0.271 e. The van der Waals surface area contributed by atoms with Crippen LogP contribution in [0.1, 0.15) is 35.5 Å². The number of amides is 3. The second kappa shape index (κ2) is 8.49. The summed E-state index contributed by atoms with van der Waals surface area (Å²) < 4.78 is 1.90. The molecule has 0 saturated carbocycles. The molecule has 7 nitrogen and oxygen atoms in total. The van der Waals surface area contributed by atoms with Gasteiger partial charge in [-0.25, -0.2) is 0 Å². The highest BCUT2D eigenvalue weighted by Crippen LogP contribution is 2.32. The number of nitrogens with one attached hydrogen (secondary N) is 2. The predicted molar refractivity (Wildman–Crippen MR) is 123 cm³/mol. The summed E-state index contributed by atoms with van der Waals surface area (Å²) >= 11 is 0. The van der Waals surface area contributed by atoms with E-state index in [-0.39, 0.29) is 24.3 Å². The van der Waals surface area contributed by atoms with Gasteiger partial charge in [0.05, 0.1) is 13.1 Å². The van der Waals surface area contributed by atoms with Crippen molar-refractivity contribution in [1.29, 1.82) is 0 Å². The molecule has 0 aliphatic carbocycles. The Bertz CT molecular complexity index is 1200. The lowest BCUT2D eigenvalue weighted by molar-refractivity contribution is -0.134. The molecule has 1 aliphatic rings. The molecule has 2 N–H and O–H groups in total. The minimum atomic E-state index is -1.10. The van der Waals surface area contributed by atoms with Crippen molar-refractivity contribution in [1.82, 2.24) is 20.1 Å². The Labute approximate surface area is 187 Å². The first-order chi connectivity index (χ1) is 15.3. The van der Waals surface area contributed by atoms with Crippen LogP contribution in [0.5, 0.6) is 0 Å². The highest BCUT2D eigenvalue weighted by atomic mass is 16.2. The van der Waals surface area contributed by atoms with Gasteiger partial charge in [0.25, 0.3) is 5.91 Å². The number of fused-ring (bicyclic) bond motifs is 3. The van der Waals surface area contributed by atoms with Crippen molar-refractivity contribution in [2.75, 3.05) is 13.1 Å². The number of likely N-dealkylation sites (N-methyl/N-ethyl adjacent to an activating group) is 1. The van der Waals surface area contributed by atoms with Gasteiger partial charge in [0.2, 0.25) is 11.8 Å². The monoisotopic (exact) mass is 432 g/mol. The lowest BCUT2D eigenvalue weighted by Crippen LogP contribution is -2.64. The number of carbonyl (C=O) groups is 3. The molecule has 2 aromatic carbocycles. The number of nitrogens with zero attached hydrogens (tertiary/aromatic N) is 2. The molecule has 0 spiro atoms. The van der Waals surface area contributed by atoms with Crippen molar-refractivity contribution < 1.29 is 14.4 Å². The Morgan fingerprint density at radius 1 is 1.06 bits per heavy atom. The smallest absolute Gasteiger partial charge is 0.271 e. The van der Waals surface area contributed by atoms with Crippen LogP contribution in [-0.2, 0) is 22.7 Å². The van der Waals surface area contributed by atoms with Crippen molar-refractivity contribution in [3.05, 3.63) is 71.4 Å². The van der Waals surface area contributed by atoms with E-state index in [4.69, 9.17) is 0 Å². The molecule has 1 aromatic heterocycles. The second-order valence-electron chi connectivity index (χ2n) is 8.45. The highest BCUT2D eigenvalue weighted by Gasteiger charge is 2.46. The number of aromatic nitrogens is 1. The molecule has 1 aliphatic heterocycles. The lowest BCUT2D eigenvalue weighted by atomic mass is 9.95. The van der Waals surface area contributed by atoms with Crippen molar-refractivity contribution in [2.45, 2.75) is 39.4 Å². The summed E-state index contributed by atoms with van der Waals surface area (Å²) in [6, 6.07) is 17.5. The summed E-state index contributed by atoms with van der Waals surface area (Å²) in [6.07, 6.45) is 0. The van der Waals surface area contributed by atoms with Crippen LogP contribution in [0.2, 0.25) is 0 Å². The third kappa shape index (κ3) is 3.86. The van der Waals surface area contributed by atoms with E-state index >= 15 is 0 Å². The Morgan fingerprint density at radius 3 is 2.59 bits per heavy atom. The Hall–Kier alpha value is -3.61. The van der Waals surface area contributed by atoms with Crippen LogP contribution < -0.4 is 10.6 Å². The fourth-order valence-electron chi connectivity index (χ4n) is 4.44. The van der Waals surface area contributed by atoms with Crippen LogP contribution in [0.25, 0.3) is 10.9 Å². The maximum atomic E-state index is 13.2. The van der Waals surface area contributed by atoms with Gasteiger partial charge in [-0.1, -0.05) is 48.0 Å². The van der Waals surface area contributed by atoms with Gasteiger partial charge in [0, 0.05) is 24.0 Å². The van der Waals surface area contributed by atoms with Crippen LogP contribution in [-0.4, -0.2) is 45.8 Å². The van der Waals surface area contributed by atoms with Crippen LogP contribution in [0.15, 0.2) is 54.6 Å². The van der Waals surface area contributed by atoms with Gasteiger partial charge in [-0.15, -0.1) is 0 Å². The number of para-hydroxylation sites is 1. The molecule has 3 aromatic rings. The Kier molecular flexibility index (Phi) is 5.74. The van der Waals surface area contributed by atoms with E-state index < -0.39 is 5.54 Å². The number of carbonyl (C=O) groups excluding carboxylic acids is 3. The summed E-state index contributed by atoms with van der Waals surface area (Å²) in [4.78, 5) is 40.3. The molecule has 32 heavy (non-hydrogen) atoms. The SMILES string of the molecule is CCN1C(=O)c2cc3ccccc3n2CC1(C)C(=O)NCC(=O)NCc1cccc(C)c1. The van der Waals surface area contributed by atoms with Crippen molar-refractivity contribution in [2.24, 2.45) is 0 Å². The molecule has 2 heterocycles. The zero-order valence-electron chi connectivity index (χ0n) is 18.6. The number of rotatable bonds is 6. The quantitative estimate of drug-likeness (QED) is 0.628. The summed E-state index contributed by atoms with van der Waals surface area (Å²) in [7, 11) is 0. The average molecular weight is 433 g/mol. The Balaban J connectivity index is 1.47. The van der Waals surface area contributed by atoms with E-state index in [9.17, 15) is 14.4 Å². The zero-order chi connectivity index (χ0) is 22.9. The maximum absolute atomic E-state index is 13.2. The molecule has 1 unspecified atom stereocenters. The van der Waals surface area contributed by atoms with Crippen LogP contribution in [0, 0.1) is 6.92 Å². The molecule has 1 atom stereocenters. The average Bonchev–Trinajstić information content (AvgIpc) is 3.15. The van der Waals surface area contributed by atoms with Gasteiger partial charge in [0.15, 0.2) is 0 Å². The first kappa shape index (κ1) is 21.6. The number of aryl methyl sites for hydroxylation is 1. The van der Waals surface area contributed by atoms with Crippen LogP contribution in [0.4, 0.5) is 0 Å². The van der Waals surface area contributed by atoms with Gasteiger partial charge < -0.3 is 20.1 Å². The molecule has 0 saturated heterocycles. The van der Waals surface area contributed by atoms with Gasteiger partial charge in [0.1, 0.15) is 11.2 Å². The van der Waals surface area contributed by atoms with E-state index in [0.717, 1.165) is 22.0 Å². The molecule has 3 amide bonds. The third-order valence-electron chi connectivity index (χ3n) is 6.12. The molecule has 0 bridgehead atoms. The second-order valence-corrected chi connectivity index (χ2v) is 8.45. The van der Waals surface area contributed by atoms with E-state index in [1.807, 2.05) is 73.0 Å². The molecule has 166 valence electrons. The lowest BCUT2D eigenvalue weighted by Gasteiger charge is -2.43. The predicted octanol–water partition coefficient (Wildman–Crippen LogP) is 2.62. The first-order valence-corrected chi connectivity index (χ1v) is 10.8. The minimum absolute atomic E-state index is 0.148. The summed E-state index contributed by atoms with van der Waals surface area (Å²) in [5.41, 5.74) is 2.52. The van der Waals surface area contributed by atoms with Crippen molar-refractivity contribution in [3.8, 4) is 0 Å². The number of hydrogen-bond donors (Lipinski definition) is 2. The summed E-state index contributed by atoms with van der Waals surface area (Å²) in [5, 5.41) is 6.53. The first-order valence-electron chi connectivity index (χ1n) is 10.8. The topological polar surface area (TPSA) is 83.4 Å². The largest absolute Gasteiger partial charge is 0.350 e. The van der Waals surface area contributed by atoms with Crippen molar-refractivity contribution in [3.63, 3.8) is 0 Å². The molecule has 7 heteroatoms. The molecule has 4 rings (SSSR count). The van der Waals surface area contributed by atoms with E-state index in [1.54, 1.807) is 11.8 Å². The number of hydrogen-bond acceptors (Lipinski definition) is 3. The highest BCUT2D eigenvalue weighted by molar-refractivity contribution is 6.04. The fourth-order valence-corrected chi connectivity index (χ4v) is 4.44. The van der Waals surface area contributed by atoms with Gasteiger partial charge in [-0.2, -0.15) is 0 Å². The minimum Gasteiger partial charge on any atom is -0.350 e. The van der Waals surface area contributed by atoms with Gasteiger partial charge >= 0.3 is 0 Å². The van der Waals surface area contributed by atoms with E-state index in [1.165, 1.54) is 0 Å². The zero-order valence-corrected chi connectivity index (χ0v) is 18.6. The summed E-state index contributed by atoms with van der Waals surface area (Å²) in [5.74, 6) is -0.806. The van der Waals surface area contributed by atoms with Crippen LogP contribution >= 0.6 is 0 Å². The third-order valence-corrected chi connectivity index (χ3v) is 6.12. The van der Waals surface area contributed by atoms with Crippen molar-refractivity contribution >= 4 is 28.6 Å². The van der Waals surface area contributed by atoms with E-state index in [2.05, 4.69) is 10.6 Å². The molecule has 0 radical (unpaired) electrons. The summed E-state index contributed by atoms with van der Waals surface area (Å²) in [6.45, 7) is 6.58. The van der Waals surface area contributed by atoms with Crippen LogP contribution in [0.3, 0.4) is 0 Å². The van der Waals surface area contributed by atoms with Gasteiger partial charge in [-0.3, -0.25) is 14.4 Å². The fraction of sp³-hybridized carbons (Fsp3) is 0.320. The number of benzene rings is 2. The molecular weight excluding hydrogens is 404 g/mol. The standard InChI is InChI=1S/C25H28N4O3/c1-4-29-23(31)21-13-19-10-5-6-11-20(19)28(21)16-25(29,3)24(32)27-15-22(30)26-14-18-9-7-8-17(2)12-18/h5-13H,4,14-16H2,1-3H3,(H,26,30)(H,27,32). The normalized spacial score (nSPS) is 17.8. The molecular formula is C25H28N4O3.